The van der Waals surface area contributed by atoms with Gasteiger partial charge in [0.05, 0.1) is 10.5 Å². The van der Waals surface area contributed by atoms with E-state index in [0.717, 1.165) is 22.0 Å². The van der Waals surface area contributed by atoms with E-state index in [0.29, 0.717) is 5.56 Å². The normalized spacial score (nSPS) is 11.7. The highest BCUT2D eigenvalue weighted by molar-refractivity contribution is 7.26. The van der Waals surface area contributed by atoms with Crippen LogP contribution in [0.15, 0.2) is 73.1 Å². The van der Waals surface area contributed by atoms with Crippen LogP contribution in [0.1, 0.15) is 0 Å². The first-order chi connectivity index (χ1) is 14.2. The van der Waals surface area contributed by atoms with Gasteiger partial charge in [-0.05, 0) is 35.9 Å². The van der Waals surface area contributed by atoms with Gasteiger partial charge < -0.3 is 4.98 Å². The number of hydrogen-bond donors (Lipinski definition) is 1. The summed E-state index contributed by atoms with van der Waals surface area (Å²) in [6.07, 6.45) is 2.90. The predicted octanol–water partition coefficient (Wildman–Crippen LogP) is 6.66. The van der Waals surface area contributed by atoms with Gasteiger partial charge in [-0.1, -0.05) is 30.3 Å². The fourth-order valence-electron chi connectivity index (χ4n) is 4.11. The zero-order valence-electron chi connectivity index (χ0n) is 15.0. The van der Waals surface area contributed by atoms with E-state index >= 15 is 0 Å². The van der Waals surface area contributed by atoms with Crippen molar-refractivity contribution in [2.45, 2.75) is 0 Å². The number of benzene rings is 3. The summed E-state index contributed by atoms with van der Waals surface area (Å²) in [5.74, 6) is 0. The van der Waals surface area contributed by atoms with E-state index in [9.17, 15) is 10.1 Å². The maximum Gasteiger partial charge on any atom is 0.295 e. The van der Waals surface area contributed by atoms with E-state index in [-0.39, 0.29) is 10.6 Å². The van der Waals surface area contributed by atoms with Crippen LogP contribution in [-0.2, 0) is 0 Å². The largest absolute Gasteiger partial charge is 0.354 e. The van der Waals surface area contributed by atoms with Crippen molar-refractivity contribution in [3.05, 3.63) is 83.2 Å². The third-order valence-corrected chi connectivity index (χ3v) is 6.62. The third-order valence-electron chi connectivity index (χ3n) is 5.41. The number of pyridine rings is 1. The SMILES string of the molecule is O=[N+]([O-])c1cnccc1-c1ccc2sc3c(ccc4[nH]c5ccccc5c43)c2c1. The Bertz CT molecular complexity index is 1600. The van der Waals surface area contributed by atoms with Gasteiger partial charge in [0.25, 0.3) is 5.69 Å². The summed E-state index contributed by atoms with van der Waals surface area (Å²) in [4.78, 5) is 18.5. The van der Waals surface area contributed by atoms with E-state index in [1.54, 1.807) is 23.6 Å². The van der Waals surface area contributed by atoms with E-state index in [1.165, 1.54) is 31.8 Å². The van der Waals surface area contributed by atoms with Crippen molar-refractivity contribution in [1.29, 1.82) is 0 Å². The quantitative estimate of drug-likeness (QED) is 0.263. The first kappa shape index (κ1) is 16.2. The maximum atomic E-state index is 11.4. The van der Waals surface area contributed by atoms with Crippen LogP contribution in [0.25, 0.3) is 53.1 Å². The first-order valence-electron chi connectivity index (χ1n) is 9.15. The lowest BCUT2D eigenvalue weighted by Crippen LogP contribution is -1.92. The van der Waals surface area contributed by atoms with Gasteiger partial charge in [0.15, 0.2) is 0 Å². The number of nitrogens with zero attached hydrogens (tertiary/aromatic N) is 2. The number of fused-ring (bicyclic) bond motifs is 7. The topological polar surface area (TPSA) is 71.8 Å². The van der Waals surface area contributed by atoms with Crippen LogP contribution in [-0.4, -0.2) is 14.9 Å². The molecule has 0 aliphatic carbocycles. The molecule has 0 radical (unpaired) electrons. The van der Waals surface area contributed by atoms with Crippen LogP contribution in [0.3, 0.4) is 0 Å². The molecule has 3 aromatic carbocycles. The molecule has 0 atom stereocenters. The minimum Gasteiger partial charge on any atom is -0.354 e. The van der Waals surface area contributed by atoms with Crippen LogP contribution in [0.2, 0.25) is 0 Å². The molecular formula is C23H13N3O2S. The van der Waals surface area contributed by atoms with Crippen LogP contribution < -0.4 is 0 Å². The molecule has 29 heavy (non-hydrogen) atoms. The first-order valence-corrected chi connectivity index (χ1v) is 9.97. The Hall–Kier alpha value is -3.77. The summed E-state index contributed by atoms with van der Waals surface area (Å²) in [5, 5.41) is 16.2. The van der Waals surface area contributed by atoms with Crippen LogP contribution >= 0.6 is 11.3 Å². The van der Waals surface area contributed by atoms with Crippen molar-refractivity contribution >= 4 is 59.0 Å². The number of thiophene rings is 1. The molecule has 6 aromatic rings. The van der Waals surface area contributed by atoms with Crippen LogP contribution in [0.5, 0.6) is 0 Å². The summed E-state index contributed by atoms with van der Waals surface area (Å²) in [6, 6.07) is 20.3. The Labute approximate surface area is 168 Å². The van der Waals surface area contributed by atoms with E-state index in [1.807, 2.05) is 12.1 Å². The minimum absolute atomic E-state index is 0.0189. The standard InChI is InChI=1S/C23H13N3O2S/c27-26(28)20-12-24-10-9-14(20)13-5-8-21-17(11-13)15-6-7-19-22(23(15)29-21)16-3-1-2-4-18(16)25-19/h1-12,25H. The van der Waals surface area contributed by atoms with Crippen LogP contribution in [0.4, 0.5) is 5.69 Å². The van der Waals surface area contributed by atoms with Crippen molar-refractivity contribution in [2.75, 3.05) is 0 Å². The fourth-order valence-corrected chi connectivity index (χ4v) is 5.35. The number of hydrogen-bond acceptors (Lipinski definition) is 4. The average Bonchev–Trinajstić information content (AvgIpc) is 3.31. The molecule has 0 unspecified atom stereocenters. The number of para-hydroxylation sites is 1. The molecule has 0 bridgehead atoms. The lowest BCUT2D eigenvalue weighted by Gasteiger charge is -2.03. The Balaban J connectivity index is 1.68. The summed E-state index contributed by atoms with van der Waals surface area (Å²) in [5.41, 5.74) is 3.67. The van der Waals surface area contributed by atoms with Gasteiger partial charge in [-0.3, -0.25) is 15.1 Å². The van der Waals surface area contributed by atoms with Crippen molar-refractivity contribution in [2.24, 2.45) is 0 Å². The molecule has 0 aliphatic rings. The molecule has 0 aliphatic heterocycles. The molecule has 3 heterocycles. The van der Waals surface area contributed by atoms with Gasteiger partial charge in [-0.15, -0.1) is 11.3 Å². The smallest absolute Gasteiger partial charge is 0.295 e. The summed E-state index contributed by atoms with van der Waals surface area (Å²) in [6.45, 7) is 0. The fraction of sp³-hybridized carbons (Fsp3) is 0. The molecule has 5 nitrogen and oxygen atoms in total. The third kappa shape index (κ3) is 2.30. The summed E-state index contributed by atoms with van der Waals surface area (Å²) >= 11 is 1.76. The van der Waals surface area contributed by atoms with E-state index in [2.05, 4.69) is 52.4 Å². The molecule has 1 N–H and O–H groups in total. The van der Waals surface area contributed by atoms with Crippen molar-refractivity contribution in [1.82, 2.24) is 9.97 Å². The Morgan fingerprint density at radius 3 is 2.72 bits per heavy atom. The predicted molar refractivity (Wildman–Crippen MR) is 119 cm³/mol. The lowest BCUT2D eigenvalue weighted by atomic mass is 10.0. The second kappa shape index (κ2) is 5.86. The van der Waals surface area contributed by atoms with Crippen LogP contribution in [0, 0.1) is 10.1 Å². The lowest BCUT2D eigenvalue weighted by molar-refractivity contribution is -0.384. The number of aromatic amines is 1. The van der Waals surface area contributed by atoms with Gasteiger partial charge in [0, 0.05) is 48.2 Å². The highest BCUT2D eigenvalue weighted by Crippen LogP contribution is 2.42. The van der Waals surface area contributed by atoms with Gasteiger partial charge in [0.1, 0.15) is 6.20 Å². The number of rotatable bonds is 2. The second-order valence-corrected chi connectivity index (χ2v) is 8.05. The van der Waals surface area contributed by atoms with Gasteiger partial charge in [-0.2, -0.15) is 0 Å². The van der Waals surface area contributed by atoms with Crippen molar-refractivity contribution in [3.63, 3.8) is 0 Å². The number of nitro groups is 1. The summed E-state index contributed by atoms with van der Waals surface area (Å²) in [7, 11) is 0. The molecule has 0 amide bonds. The average molecular weight is 395 g/mol. The molecule has 0 saturated carbocycles. The second-order valence-electron chi connectivity index (χ2n) is 7.00. The van der Waals surface area contributed by atoms with Crippen molar-refractivity contribution in [3.8, 4) is 11.1 Å². The summed E-state index contributed by atoms with van der Waals surface area (Å²) < 4.78 is 2.40. The van der Waals surface area contributed by atoms with E-state index in [4.69, 9.17) is 0 Å². The maximum absolute atomic E-state index is 11.4. The number of nitrogens with one attached hydrogen (secondary N) is 1. The Morgan fingerprint density at radius 1 is 0.931 bits per heavy atom. The van der Waals surface area contributed by atoms with E-state index < -0.39 is 0 Å². The number of H-pyrrole nitrogens is 1. The Kier molecular flexibility index (Phi) is 3.28. The Morgan fingerprint density at radius 2 is 1.83 bits per heavy atom. The zero-order chi connectivity index (χ0) is 19.5. The molecule has 3 aromatic heterocycles. The molecule has 0 saturated heterocycles. The molecule has 6 heteroatoms. The molecule has 138 valence electrons. The van der Waals surface area contributed by atoms with Crippen molar-refractivity contribution < 1.29 is 4.92 Å². The zero-order valence-corrected chi connectivity index (χ0v) is 15.9. The molecule has 0 fully saturated rings. The molecular weight excluding hydrogens is 382 g/mol. The molecule has 6 rings (SSSR count). The van der Waals surface area contributed by atoms with Gasteiger partial charge >= 0.3 is 0 Å². The monoisotopic (exact) mass is 395 g/mol. The minimum atomic E-state index is -0.381. The van der Waals surface area contributed by atoms with Gasteiger partial charge in [-0.25, -0.2) is 0 Å². The highest BCUT2D eigenvalue weighted by atomic mass is 32.1. The highest BCUT2D eigenvalue weighted by Gasteiger charge is 2.17. The number of aromatic nitrogens is 2. The molecule has 0 spiro atoms. The van der Waals surface area contributed by atoms with Gasteiger partial charge in [0.2, 0.25) is 0 Å².